The van der Waals surface area contributed by atoms with Crippen LogP contribution < -0.4 is 4.72 Å². The summed E-state index contributed by atoms with van der Waals surface area (Å²) in [4.78, 5) is 16.4. The normalized spacial score (nSPS) is 13.3. The van der Waals surface area contributed by atoms with Gasteiger partial charge in [-0.05, 0) is 30.5 Å². The lowest BCUT2D eigenvalue weighted by Crippen LogP contribution is -2.44. The van der Waals surface area contributed by atoms with Crippen molar-refractivity contribution in [3.05, 3.63) is 18.2 Å². The quantitative estimate of drug-likeness (QED) is 0.539. The maximum absolute atomic E-state index is 12.7. The van der Waals surface area contributed by atoms with Gasteiger partial charge in [0.25, 0.3) is 0 Å². The van der Waals surface area contributed by atoms with E-state index in [0.29, 0.717) is 0 Å². The molecule has 0 amide bonds. The van der Waals surface area contributed by atoms with Crippen molar-refractivity contribution in [2.45, 2.75) is 42.5 Å². The molecule has 1 atom stereocenters. The van der Waals surface area contributed by atoms with Crippen LogP contribution in [0.1, 0.15) is 27.2 Å². The molecule has 25 heavy (non-hydrogen) atoms. The highest BCUT2D eigenvalue weighted by molar-refractivity contribution is 8.01. The summed E-state index contributed by atoms with van der Waals surface area (Å²) in [7, 11) is -2.60. The molecule has 0 fully saturated rings. The van der Waals surface area contributed by atoms with Crippen molar-refractivity contribution < 1.29 is 17.9 Å². The zero-order valence-electron chi connectivity index (χ0n) is 14.6. The summed E-state index contributed by atoms with van der Waals surface area (Å²) >= 11 is 3.13. The lowest BCUT2D eigenvalue weighted by molar-refractivity contribution is -0.143. The van der Waals surface area contributed by atoms with Crippen molar-refractivity contribution in [2.24, 2.45) is 5.92 Å². The van der Waals surface area contributed by atoms with Crippen LogP contribution in [0.4, 0.5) is 0 Å². The molecular weight excluding hydrogens is 380 g/mol. The topological polar surface area (TPSA) is 85.4 Å². The number of thioether (sulfide) groups is 1. The van der Waals surface area contributed by atoms with E-state index in [1.807, 2.05) is 0 Å². The number of sulfonamides is 1. The summed E-state index contributed by atoms with van der Waals surface area (Å²) in [6.45, 7) is 5.62. The number of esters is 1. The van der Waals surface area contributed by atoms with E-state index in [9.17, 15) is 13.2 Å². The van der Waals surface area contributed by atoms with E-state index in [1.165, 1.54) is 24.5 Å². The molecule has 0 saturated carbocycles. The minimum atomic E-state index is -3.84. The number of carbonyl (C=O) groups excluding carboxylic acids is 1. The maximum atomic E-state index is 12.7. The number of hydrogen-bond acceptors (Lipinski definition) is 7. The van der Waals surface area contributed by atoms with Crippen molar-refractivity contribution in [2.75, 3.05) is 12.9 Å². The molecule has 2 aromatic rings. The molecule has 1 heterocycles. The molecule has 0 bridgehead atoms. The third kappa shape index (κ3) is 4.93. The summed E-state index contributed by atoms with van der Waals surface area (Å²) in [6.07, 6.45) is 1.05. The fraction of sp³-hybridized carbons (Fsp3) is 0.500. The minimum Gasteiger partial charge on any atom is -0.468 e. The number of ether oxygens (including phenoxy) is 1. The van der Waals surface area contributed by atoms with Gasteiger partial charge in [-0.2, -0.15) is 4.72 Å². The lowest BCUT2D eigenvalue weighted by Gasteiger charge is -2.19. The molecule has 0 unspecified atom stereocenters. The Morgan fingerprint density at radius 1 is 1.40 bits per heavy atom. The van der Waals surface area contributed by atoms with Crippen LogP contribution in [0.5, 0.6) is 0 Å². The smallest absolute Gasteiger partial charge is 0.324 e. The van der Waals surface area contributed by atoms with Crippen LogP contribution in [0, 0.1) is 5.92 Å². The molecule has 0 saturated heterocycles. The Labute approximate surface area is 156 Å². The number of thiazole rings is 1. The summed E-state index contributed by atoms with van der Waals surface area (Å²) in [5, 5.41) is 0. The molecule has 1 N–H and O–H groups in total. The van der Waals surface area contributed by atoms with Gasteiger partial charge in [-0.3, -0.25) is 4.79 Å². The van der Waals surface area contributed by atoms with Gasteiger partial charge in [0, 0.05) is 5.75 Å². The summed E-state index contributed by atoms with van der Waals surface area (Å²) in [5.74, 6) is 0.143. The van der Waals surface area contributed by atoms with E-state index in [4.69, 9.17) is 0 Å². The van der Waals surface area contributed by atoms with Crippen molar-refractivity contribution in [3.63, 3.8) is 0 Å². The van der Waals surface area contributed by atoms with E-state index in [1.54, 1.807) is 37.7 Å². The molecule has 1 aromatic heterocycles. The first-order chi connectivity index (χ1) is 11.8. The Bertz CT molecular complexity index is 846. The average Bonchev–Trinajstić information content (AvgIpc) is 2.98. The van der Waals surface area contributed by atoms with Crippen LogP contribution in [-0.4, -0.2) is 38.3 Å². The van der Waals surface area contributed by atoms with Gasteiger partial charge in [-0.15, -0.1) is 11.3 Å². The fourth-order valence-electron chi connectivity index (χ4n) is 2.12. The third-order valence-electron chi connectivity index (χ3n) is 3.48. The number of rotatable bonds is 8. The van der Waals surface area contributed by atoms with Gasteiger partial charge < -0.3 is 4.74 Å². The Balaban J connectivity index is 2.30. The molecule has 0 radical (unpaired) electrons. The third-order valence-corrected chi connectivity index (χ3v) is 7.29. The highest BCUT2D eigenvalue weighted by Gasteiger charge is 2.29. The largest absolute Gasteiger partial charge is 0.468 e. The highest BCUT2D eigenvalue weighted by atomic mass is 32.2. The molecule has 0 aliphatic carbocycles. The molecule has 2 rings (SSSR count). The first kappa shape index (κ1) is 20.2. The number of hydrogen-bond donors (Lipinski definition) is 1. The number of methoxy groups -OCH3 is 1. The molecule has 6 nitrogen and oxygen atoms in total. The molecule has 0 aliphatic rings. The van der Waals surface area contributed by atoms with Gasteiger partial charge in [0.2, 0.25) is 10.0 Å². The molecule has 0 aliphatic heterocycles. The van der Waals surface area contributed by atoms with Crippen LogP contribution in [0.2, 0.25) is 0 Å². The predicted molar refractivity (Wildman–Crippen MR) is 102 cm³/mol. The Morgan fingerprint density at radius 2 is 2.12 bits per heavy atom. The van der Waals surface area contributed by atoms with Crippen molar-refractivity contribution >= 4 is 49.3 Å². The summed E-state index contributed by atoms with van der Waals surface area (Å²) < 4.78 is 34.2. The minimum absolute atomic E-state index is 0.116. The number of aromatic nitrogens is 1. The summed E-state index contributed by atoms with van der Waals surface area (Å²) in [6, 6.07) is 3.87. The number of nitrogens with one attached hydrogen (secondary N) is 1. The van der Waals surface area contributed by atoms with Crippen molar-refractivity contribution in [3.8, 4) is 0 Å². The highest BCUT2D eigenvalue weighted by Crippen LogP contribution is 2.31. The zero-order chi connectivity index (χ0) is 18.6. The fourth-order valence-corrected chi connectivity index (χ4v) is 5.59. The number of nitrogens with zero attached hydrogens (tertiary/aromatic N) is 1. The van der Waals surface area contributed by atoms with Crippen molar-refractivity contribution in [1.29, 1.82) is 0 Å². The van der Waals surface area contributed by atoms with Gasteiger partial charge in [0.05, 0.1) is 22.2 Å². The van der Waals surface area contributed by atoms with Crippen LogP contribution in [0.25, 0.3) is 10.2 Å². The van der Waals surface area contributed by atoms with E-state index in [-0.39, 0.29) is 10.8 Å². The van der Waals surface area contributed by atoms with Gasteiger partial charge >= 0.3 is 5.97 Å². The standard InChI is InChI=1S/C16H22N2O4S3/c1-5-8-23-16-17-12-7-6-11(9-13(12)24-16)25(20,21)18-14(10(2)3)15(19)22-4/h6-7,9-10,14,18H,5,8H2,1-4H3/t14-/m1/s1. The van der Waals surface area contributed by atoms with Gasteiger partial charge in [0.15, 0.2) is 4.34 Å². The molecule has 0 spiro atoms. The Morgan fingerprint density at radius 3 is 2.72 bits per heavy atom. The predicted octanol–water partition coefficient (Wildman–Crippen LogP) is 3.27. The van der Waals surface area contributed by atoms with Gasteiger partial charge in [-0.25, -0.2) is 13.4 Å². The monoisotopic (exact) mass is 402 g/mol. The average molecular weight is 403 g/mol. The van der Waals surface area contributed by atoms with Gasteiger partial charge in [-0.1, -0.05) is 32.5 Å². The SMILES string of the molecule is CCCSc1nc2ccc(S(=O)(=O)N[C@@H](C(=O)OC)C(C)C)cc2s1. The number of fused-ring (bicyclic) bond motifs is 1. The second-order valence-corrected chi connectivity index (χ2v) is 9.91. The number of benzene rings is 1. The molecule has 9 heteroatoms. The molecule has 1 aromatic carbocycles. The first-order valence-corrected chi connectivity index (χ1v) is 11.2. The van der Waals surface area contributed by atoms with E-state index in [0.717, 1.165) is 26.7 Å². The molecular formula is C16H22N2O4S3. The Hall–Kier alpha value is -1.16. The van der Waals surface area contributed by atoms with Crippen LogP contribution in [-0.2, 0) is 19.6 Å². The number of carbonyl (C=O) groups is 1. The lowest BCUT2D eigenvalue weighted by atomic mass is 10.1. The zero-order valence-corrected chi connectivity index (χ0v) is 17.1. The van der Waals surface area contributed by atoms with E-state index < -0.39 is 22.0 Å². The maximum Gasteiger partial charge on any atom is 0.324 e. The van der Waals surface area contributed by atoms with Crippen LogP contribution in [0.15, 0.2) is 27.4 Å². The van der Waals surface area contributed by atoms with Crippen LogP contribution in [0.3, 0.4) is 0 Å². The molecule has 138 valence electrons. The van der Waals surface area contributed by atoms with E-state index >= 15 is 0 Å². The Kier molecular flexibility index (Phi) is 6.84. The second-order valence-electron chi connectivity index (χ2n) is 5.82. The van der Waals surface area contributed by atoms with E-state index in [2.05, 4.69) is 21.4 Å². The summed E-state index contributed by atoms with van der Waals surface area (Å²) in [5.41, 5.74) is 0.774. The van der Waals surface area contributed by atoms with Crippen LogP contribution >= 0.6 is 23.1 Å². The first-order valence-electron chi connectivity index (χ1n) is 7.92. The van der Waals surface area contributed by atoms with Crippen molar-refractivity contribution in [1.82, 2.24) is 9.71 Å². The van der Waals surface area contributed by atoms with Gasteiger partial charge in [0.1, 0.15) is 6.04 Å². The second kappa shape index (κ2) is 8.48.